The Hall–Kier alpha value is -4.78. The molecule has 0 aliphatic carbocycles. The van der Waals surface area contributed by atoms with E-state index >= 15 is 0 Å². The highest BCUT2D eigenvalue weighted by atomic mass is 16.6. The Morgan fingerprint density at radius 1 is 0.971 bits per heavy atom. The van der Waals surface area contributed by atoms with Crippen LogP contribution in [0.1, 0.15) is 23.5 Å². The van der Waals surface area contributed by atoms with E-state index in [4.69, 9.17) is 0 Å². The first-order valence-electron chi connectivity index (χ1n) is 11.2. The third-order valence-corrected chi connectivity index (χ3v) is 5.98. The summed E-state index contributed by atoms with van der Waals surface area (Å²) >= 11 is 0. The van der Waals surface area contributed by atoms with Crippen molar-refractivity contribution in [2.75, 3.05) is 5.32 Å². The number of nitro benzene ring substituents is 1. The SMILES string of the molecule is O=C(C[C@@H](c1cccc([N+](=O)[O-])c1)c1c[nH]c2cc(-c3ccccn3)ccc12)Nc1ccccc1. The van der Waals surface area contributed by atoms with Gasteiger partial charge in [-0.05, 0) is 41.5 Å². The summed E-state index contributed by atoms with van der Waals surface area (Å²) < 4.78 is 0. The Morgan fingerprint density at radius 3 is 2.57 bits per heavy atom. The van der Waals surface area contributed by atoms with Crippen molar-refractivity contribution in [3.63, 3.8) is 0 Å². The summed E-state index contributed by atoms with van der Waals surface area (Å²) in [4.78, 5) is 31.8. The minimum atomic E-state index is -0.418. The summed E-state index contributed by atoms with van der Waals surface area (Å²) in [5.74, 6) is -0.555. The largest absolute Gasteiger partial charge is 0.361 e. The monoisotopic (exact) mass is 462 g/mol. The summed E-state index contributed by atoms with van der Waals surface area (Å²) in [6, 6.07) is 27.5. The molecule has 0 saturated carbocycles. The van der Waals surface area contributed by atoms with Crippen LogP contribution >= 0.6 is 0 Å². The van der Waals surface area contributed by atoms with E-state index < -0.39 is 4.92 Å². The van der Waals surface area contributed by atoms with Crippen molar-refractivity contribution >= 4 is 28.2 Å². The molecule has 0 bridgehead atoms. The van der Waals surface area contributed by atoms with Gasteiger partial charge in [-0.15, -0.1) is 0 Å². The maximum absolute atomic E-state index is 13.0. The number of nitrogens with one attached hydrogen (secondary N) is 2. The number of para-hydroxylation sites is 1. The fraction of sp³-hybridized carbons (Fsp3) is 0.0714. The molecular weight excluding hydrogens is 440 g/mol. The molecule has 0 spiro atoms. The van der Waals surface area contributed by atoms with Crippen LogP contribution in [0, 0.1) is 10.1 Å². The minimum Gasteiger partial charge on any atom is -0.361 e. The number of aromatic amines is 1. The zero-order valence-corrected chi connectivity index (χ0v) is 18.7. The number of carbonyl (C=O) groups is 1. The number of H-pyrrole nitrogens is 1. The predicted octanol–water partition coefficient (Wildman–Crippen LogP) is 6.30. The maximum Gasteiger partial charge on any atom is 0.269 e. The van der Waals surface area contributed by atoms with E-state index in [1.54, 1.807) is 18.3 Å². The zero-order valence-electron chi connectivity index (χ0n) is 18.7. The quantitative estimate of drug-likeness (QED) is 0.219. The van der Waals surface area contributed by atoms with Crippen LogP contribution in [-0.2, 0) is 4.79 Å². The van der Waals surface area contributed by atoms with Gasteiger partial charge in [0.2, 0.25) is 5.91 Å². The first-order valence-corrected chi connectivity index (χ1v) is 11.2. The van der Waals surface area contributed by atoms with Crippen LogP contribution in [0.15, 0.2) is 103 Å². The first-order chi connectivity index (χ1) is 17.1. The third kappa shape index (κ3) is 4.79. The van der Waals surface area contributed by atoms with Crippen LogP contribution in [0.5, 0.6) is 0 Å². The van der Waals surface area contributed by atoms with Crippen LogP contribution in [0.25, 0.3) is 22.2 Å². The van der Waals surface area contributed by atoms with E-state index in [0.29, 0.717) is 11.3 Å². The van der Waals surface area contributed by atoms with Crippen molar-refractivity contribution in [3.05, 3.63) is 125 Å². The molecule has 7 nitrogen and oxygen atoms in total. The molecule has 0 aliphatic heterocycles. The molecule has 0 unspecified atom stereocenters. The van der Waals surface area contributed by atoms with Gasteiger partial charge >= 0.3 is 0 Å². The normalized spacial score (nSPS) is 11.8. The van der Waals surface area contributed by atoms with E-state index in [0.717, 1.165) is 27.7 Å². The van der Waals surface area contributed by atoms with Crippen LogP contribution < -0.4 is 5.32 Å². The van der Waals surface area contributed by atoms with Crippen molar-refractivity contribution in [3.8, 4) is 11.3 Å². The van der Waals surface area contributed by atoms with Crippen molar-refractivity contribution in [2.45, 2.75) is 12.3 Å². The molecule has 5 rings (SSSR count). The number of nitro groups is 1. The lowest BCUT2D eigenvalue weighted by molar-refractivity contribution is -0.384. The molecular formula is C28H22N4O3. The molecule has 7 heteroatoms. The third-order valence-electron chi connectivity index (χ3n) is 5.98. The minimum absolute atomic E-state index is 0.00625. The number of aromatic nitrogens is 2. The molecule has 2 N–H and O–H groups in total. The molecule has 0 fully saturated rings. The molecule has 1 amide bonds. The van der Waals surface area contributed by atoms with Gasteiger partial charge in [-0.3, -0.25) is 19.9 Å². The Morgan fingerprint density at radius 2 is 1.80 bits per heavy atom. The van der Waals surface area contributed by atoms with E-state index in [1.165, 1.54) is 6.07 Å². The second kappa shape index (κ2) is 9.61. The maximum atomic E-state index is 13.0. The smallest absolute Gasteiger partial charge is 0.269 e. The number of nitrogens with zero attached hydrogens (tertiary/aromatic N) is 2. The summed E-state index contributed by atoms with van der Waals surface area (Å²) in [5, 5.41) is 15.3. The lowest BCUT2D eigenvalue weighted by atomic mass is 9.87. The van der Waals surface area contributed by atoms with Crippen molar-refractivity contribution < 1.29 is 9.72 Å². The van der Waals surface area contributed by atoms with Gasteiger partial charge in [0.1, 0.15) is 0 Å². The summed E-state index contributed by atoms with van der Waals surface area (Å²) in [6.07, 6.45) is 3.76. The predicted molar refractivity (Wildman–Crippen MR) is 136 cm³/mol. The number of pyridine rings is 1. The van der Waals surface area contributed by atoms with Crippen LogP contribution in [0.2, 0.25) is 0 Å². The Balaban J connectivity index is 1.53. The second-order valence-electron chi connectivity index (χ2n) is 8.24. The van der Waals surface area contributed by atoms with E-state index in [2.05, 4.69) is 15.3 Å². The molecule has 0 radical (unpaired) electrons. The van der Waals surface area contributed by atoms with Crippen molar-refractivity contribution in [2.24, 2.45) is 0 Å². The molecule has 1 atom stereocenters. The Bertz CT molecular complexity index is 1500. The highest BCUT2D eigenvalue weighted by Gasteiger charge is 2.23. The summed E-state index contributed by atoms with van der Waals surface area (Å²) in [7, 11) is 0. The number of carbonyl (C=O) groups excluding carboxylic acids is 1. The van der Waals surface area contributed by atoms with E-state index in [-0.39, 0.29) is 23.9 Å². The number of rotatable bonds is 7. The topological polar surface area (TPSA) is 101 Å². The van der Waals surface area contributed by atoms with Gasteiger partial charge < -0.3 is 10.3 Å². The lowest BCUT2D eigenvalue weighted by Gasteiger charge is -2.17. The van der Waals surface area contributed by atoms with Gasteiger partial charge in [0.05, 0.1) is 10.6 Å². The van der Waals surface area contributed by atoms with Crippen LogP contribution in [-0.4, -0.2) is 20.8 Å². The molecule has 5 aromatic rings. The van der Waals surface area contributed by atoms with Gasteiger partial charge in [0, 0.05) is 59.0 Å². The molecule has 3 aromatic carbocycles. The molecule has 172 valence electrons. The number of non-ortho nitro benzene ring substituents is 1. The number of anilines is 1. The molecule has 0 aliphatic rings. The van der Waals surface area contributed by atoms with Gasteiger partial charge in [-0.25, -0.2) is 0 Å². The van der Waals surface area contributed by atoms with Gasteiger partial charge in [-0.1, -0.05) is 48.5 Å². The number of amides is 1. The fourth-order valence-electron chi connectivity index (χ4n) is 4.31. The van der Waals surface area contributed by atoms with Crippen molar-refractivity contribution in [1.29, 1.82) is 0 Å². The average molecular weight is 463 g/mol. The number of hydrogen-bond donors (Lipinski definition) is 2. The average Bonchev–Trinajstić information content (AvgIpc) is 3.31. The molecule has 0 saturated heterocycles. The van der Waals surface area contributed by atoms with E-state index in [9.17, 15) is 14.9 Å². The highest BCUT2D eigenvalue weighted by Crippen LogP contribution is 2.36. The Labute approximate surface area is 201 Å². The molecule has 35 heavy (non-hydrogen) atoms. The number of benzene rings is 3. The standard InChI is InChI=1S/C28H22N4O3/c33-28(31-21-8-2-1-3-9-21)17-24(19-7-6-10-22(15-19)32(34)35)25-18-30-27-16-20(12-13-23(25)27)26-11-4-5-14-29-26/h1-16,18,24,30H,17H2,(H,31,33)/t24-/m0/s1. The zero-order chi connectivity index (χ0) is 24.2. The van der Waals surface area contributed by atoms with Crippen LogP contribution in [0.3, 0.4) is 0 Å². The lowest BCUT2D eigenvalue weighted by Crippen LogP contribution is -2.16. The molecule has 2 heterocycles. The highest BCUT2D eigenvalue weighted by molar-refractivity contribution is 5.93. The van der Waals surface area contributed by atoms with Gasteiger partial charge in [-0.2, -0.15) is 0 Å². The summed E-state index contributed by atoms with van der Waals surface area (Å²) in [6.45, 7) is 0. The number of hydrogen-bond acceptors (Lipinski definition) is 4. The molecule has 2 aromatic heterocycles. The second-order valence-corrected chi connectivity index (χ2v) is 8.24. The first kappa shape index (κ1) is 22.0. The Kier molecular flexibility index (Phi) is 6.05. The fourth-order valence-corrected chi connectivity index (χ4v) is 4.31. The summed E-state index contributed by atoms with van der Waals surface area (Å²) in [5.41, 5.74) is 5.04. The van der Waals surface area contributed by atoms with Gasteiger partial charge in [0.25, 0.3) is 5.69 Å². The number of fused-ring (bicyclic) bond motifs is 1. The van der Waals surface area contributed by atoms with E-state index in [1.807, 2.05) is 79.0 Å². The van der Waals surface area contributed by atoms with Crippen LogP contribution in [0.4, 0.5) is 11.4 Å². The van der Waals surface area contributed by atoms with Gasteiger partial charge in [0.15, 0.2) is 0 Å². The van der Waals surface area contributed by atoms with Crippen molar-refractivity contribution in [1.82, 2.24) is 9.97 Å².